The summed E-state index contributed by atoms with van der Waals surface area (Å²) in [7, 11) is 0. The molecule has 3 saturated carbocycles. The molecule has 4 aliphatic rings. The lowest BCUT2D eigenvalue weighted by molar-refractivity contribution is -0.131. The molecule has 1 aliphatic heterocycles. The summed E-state index contributed by atoms with van der Waals surface area (Å²) >= 11 is 0. The Morgan fingerprint density at radius 2 is 1.80 bits per heavy atom. The van der Waals surface area contributed by atoms with Gasteiger partial charge in [-0.25, -0.2) is 0 Å². The molecule has 2 spiro atoms. The first-order valence-electron chi connectivity index (χ1n) is 8.88. The highest BCUT2D eigenvalue weighted by atomic mass is 16.6. The third-order valence-electron chi connectivity index (χ3n) is 6.85. The Kier molecular flexibility index (Phi) is 3.21. The van der Waals surface area contributed by atoms with Crippen LogP contribution in [-0.4, -0.2) is 18.5 Å². The average Bonchev–Trinajstić information content (AvgIpc) is 3.22. The lowest BCUT2D eigenvalue weighted by atomic mass is 9.60. The Morgan fingerprint density at radius 1 is 1.05 bits per heavy atom. The minimum atomic E-state index is 0.0710. The lowest BCUT2D eigenvalue weighted by Gasteiger charge is -2.43. The Bertz CT molecular complexity index is 392. The van der Waals surface area contributed by atoms with Gasteiger partial charge in [-0.1, -0.05) is 32.1 Å². The third kappa shape index (κ3) is 2.15. The van der Waals surface area contributed by atoms with Crippen molar-refractivity contribution in [1.29, 1.82) is 0 Å². The number of ether oxygens (including phenoxy) is 1. The first kappa shape index (κ1) is 13.3. The minimum absolute atomic E-state index is 0.0710. The molecule has 112 valence electrons. The number of rotatable bonds is 2. The second-order valence-electron chi connectivity index (χ2n) is 8.13. The van der Waals surface area contributed by atoms with E-state index in [0.717, 1.165) is 13.0 Å². The monoisotopic (exact) mass is 276 g/mol. The van der Waals surface area contributed by atoms with Crippen molar-refractivity contribution >= 4 is 5.78 Å². The molecule has 3 atom stereocenters. The maximum atomic E-state index is 13.0. The molecule has 0 N–H and O–H groups in total. The Labute approximate surface area is 122 Å². The van der Waals surface area contributed by atoms with Gasteiger partial charge in [-0.15, -0.1) is 0 Å². The van der Waals surface area contributed by atoms with Crippen molar-refractivity contribution < 1.29 is 9.53 Å². The molecule has 0 aromatic rings. The molecule has 4 fully saturated rings. The van der Waals surface area contributed by atoms with Crippen LogP contribution in [0.25, 0.3) is 0 Å². The van der Waals surface area contributed by atoms with Crippen molar-refractivity contribution in [3.63, 3.8) is 0 Å². The highest BCUT2D eigenvalue weighted by Gasteiger charge is 2.58. The second kappa shape index (κ2) is 4.83. The highest BCUT2D eigenvalue weighted by Crippen LogP contribution is 2.61. The zero-order chi connectivity index (χ0) is 13.6. The van der Waals surface area contributed by atoms with Crippen LogP contribution in [0.3, 0.4) is 0 Å². The minimum Gasteiger partial charge on any atom is -0.373 e. The Morgan fingerprint density at radius 3 is 2.55 bits per heavy atom. The van der Waals surface area contributed by atoms with E-state index in [0.29, 0.717) is 23.2 Å². The normalized spacial score (nSPS) is 43.3. The van der Waals surface area contributed by atoms with Gasteiger partial charge in [-0.05, 0) is 49.9 Å². The van der Waals surface area contributed by atoms with Gasteiger partial charge >= 0.3 is 0 Å². The number of Topliss-reactive ketones (excluding diaryl/α,β-unsaturated/α-hetero) is 1. The smallest absolute Gasteiger partial charge is 0.139 e. The average molecular weight is 276 g/mol. The van der Waals surface area contributed by atoms with Crippen LogP contribution in [0.4, 0.5) is 0 Å². The van der Waals surface area contributed by atoms with Crippen LogP contribution in [0, 0.1) is 16.7 Å². The second-order valence-corrected chi connectivity index (χ2v) is 8.13. The molecular weight excluding hydrogens is 248 g/mol. The first-order chi connectivity index (χ1) is 9.73. The van der Waals surface area contributed by atoms with E-state index in [4.69, 9.17) is 4.74 Å². The first-order valence-corrected chi connectivity index (χ1v) is 8.88. The van der Waals surface area contributed by atoms with Crippen LogP contribution in [0.2, 0.25) is 0 Å². The van der Waals surface area contributed by atoms with Crippen LogP contribution in [-0.2, 0) is 9.53 Å². The highest BCUT2D eigenvalue weighted by molar-refractivity contribution is 5.88. The summed E-state index contributed by atoms with van der Waals surface area (Å²) in [5.41, 5.74) is 0.483. The summed E-state index contributed by atoms with van der Waals surface area (Å²) in [6.45, 7) is 0.950. The number of carbonyl (C=O) groups excluding carboxylic acids is 1. The quantitative estimate of drug-likeness (QED) is 0.705. The van der Waals surface area contributed by atoms with Gasteiger partial charge in [-0.2, -0.15) is 0 Å². The van der Waals surface area contributed by atoms with Gasteiger partial charge in [0.1, 0.15) is 5.78 Å². The van der Waals surface area contributed by atoms with Crippen molar-refractivity contribution in [1.82, 2.24) is 0 Å². The number of ketones is 1. The molecule has 0 radical (unpaired) electrons. The van der Waals surface area contributed by atoms with Crippen molar-refractivity contribution in [3.05, 3.63) is 0 Å². The standard InChI is InChI=1S/C18H28O2/c19-16-11-17(7-3-1-4-8-17)13-18(16)9-5-2-6-14(18)10-15-12-20-15/h14-15H,1-13H2. The maximum absolute atomic E-state index is 13.0. The molecule has 0 aromatic heterocycles. The van der Waals surface area contributed by atoms with Crippen LogP contribution in [0.15, 0.2) is 0 Å². The molecule has 3 unspecified atom stereocenters. The van der Waals surface area contributed by atoms with Crippen LogP contribution >= 0.6 is 0 Å². The Balaban J connectivity index is 1.58. The Hall–Kier alpha value is -0.370. The summed E-state index contributed by atoms with van der Waals surface area (Å²) in [6.07, 6.45) is 15.6. The van der Waals surface area contributed by atoms with Gasteiger partial charge in [0.15, 0.2) is 0 Å². The van der Waals surface area contributed by atoms with E-state index in [1.54, 1.807) is 0 Å². The fourth-order valence-electron chi connectivity index (χ4n) is 5.78. The predicted octanol–water partition coefficient (Wildman–Crippen LogP) is 4.27. The molecule has 0 aromatic carbocycles. The molecule has 2 heteroatoms. The van der Waals surface area contributed by atoms with Crippen molar-refractivity contribution in [2.24, 2.45) is 16.7 Å². The lowest BCUT2D eigenvalue weighted by Crippen LogP contribution is -2.39. The van der Waals surface area contributed by atoms with Gasteiger partial charge in [0.2, 0.25) is 0 Å². The summed E-state index contributed by atoms with van der Waals surface area (Å²) in [5.74, 6) is 1.28. The van der Waals surface area contributed by atoms with Crippen molar-refractivity contribution in [3.8, 4) is 0 Å². The van der Waals surface area contributed by atoms with Gasteiger partial charge in [0.25, 0.3) is 0 Å². The molecule has 0 bridgehead atoms. The van der Waals surface area contributed by atoms with E-state index in [1.807, 2.05) is 0 Å². The summed E-state index contributed by atoms with van der Waals surface area (Å²) in [6, 6.07) is 0. The van der Waals surface area contributed by atoms with Gasteiger partial charge in [-0.3, -0.25) is 4.79 Å². The van der Waals surface area contributed by atoms with Crippen LogP contribution < -0.4 is 0 Å². The maximum Gasteiger partial charge on any atom is 0.139 e. The van der Waals surface area contributed by atoms with Crippen molar-refractivity contribution in [2.45, 2.75) is 83.2 Å². The van der Waals surface area contributed by atoms with Crippen LogP contribution in [0.1, 0.15) is 77.0 Å². The van der Waals surface area contributed by atoms with E-state index in [9.17, 15) is 4.79 Å². The molecule has 4 rings (SSSR count). The summed E-state index contributed by atoms with van der Waals surface area (Å²) in [5, 5.41) is 0. The zero-order valence-corrected chi connectivity index (χ0v) is 12.7. The topological polar surface area (TPSA) is 29.6 Å². The molecule has 1 saturated heterocycles. The number of hydrogen-bond donors (Lipinski definition) is 0. The molecule has 3 aliphatic carbocycles. The summed E-state index contributed by atoms with van der Waals surface area (Å²) in [4.78, 5) is 13.0. The number of epoxide rings is 1. The van der Waals surface area contributed by atoms with E-state index < -0.39 is 0 Å². The van der Waals surface area contributed by atoms with Gasteiger partial charge in [0.05, 0.1) is 12.7 Å². The van der Waals surface area contributed by atoms with Gasteiger partial charge < -0.3 is 4.74 Å². The largest absolute Gasteiger partial charge is 0.373 e. The van der Waals surface area contributed by atoms with Gasteiger partial charge in [0, 0.05) is 11.8 Å². The molecular formula is C18H28O2. The number of carbonyl (C=O) groups is 1. The SMILES string of the molecule is O=C1CC2(CCCCC2)CC12CCCCC2CC1CO1. The zero-order valence-electron chi connectivity index (χ0n) is 12.7. The van der Waals surface area contributed by atoms with Crippen molar-refractivity contribution in [2.75, 3.05) is 6.61 Å². The van der Waals surface area contributed by atoms with E-state index in [-0.39, 0.29) is 5.41 Å². The molecule has 2 nitrogen and oxygen atoms in total. The predicted molar refractivity (Wildman–Crippen MR) is 78.5 cm³/mol. The van der Waals surface area contributed by atoms with E-state index in [2.05, 4.69) is 0 Å². The third-order valence-corrected chi connectivity index (χ3v) is 6.85. The molecule has 1 heterocycles. The molecule has 0 amide bonds. The summed E-state index contributed by atoms with van der Waals surface area (Å²) < 4.78 is 5.47. The van der Waals surface area contributed by atoms with E-state index in [1.165, 1.54) is 70.6 Å². The fourth-order valence-corrected chi connectivity index (χ4v) is 5.78. The fraction of sp³-hybridized carbons (Fsp3) is 0.944. The number of hydrogen-bond acceptors (Lipinski definition) is 2. The van der Waals surface area contributed by atoms with E-state index >= 15 is 0 Å². The van der Waals surface area contributed by atoms with Crippen LogP contribution in [0.5, 0.6) is 0 Å². The molecule has 20 heavy (non-hydrogen) atoms.